The Labute approximate surface area is 290 Å². The maximum atomic E-state index is 10.9. The molecule has 15 nitrogen and oxygen atoms in total. The molecule has 0 amide bonds. The van der Waals surface area contributed by atoms with E-state index in [1.165, 1.54) is 100 Å². The van der Waals surface area contributed by atoms with Gasteiger partial charge in [0, 0.05) is 69.1 Å². The van der Waals surface area contributed by atoms with Crippen molar-refractivity contribution in [3.8, 4) is 51.7 Å². The van der Waals surface area contributed by atoms with E-state index in [-0.39, 0.29) is 66.6 Å². The number of rotatable bonds is 12. The van der Waals surface area contributed by atoms with Crippen LogP contribution in [-0.2, 0) is 32.7 Å². The summed E-state index contributed by atoms with van der Waals surface area (Å²) < 4.78 is 44.8. The Morgan fingerprint density at radius 1 is 0.348 bits per heavy atom. The van der Waals surface area contributed by atoms with Crippen LogP contribution in [0.3, 0.4) is 0 Å². The zero-order valence-corrected chi connectivity index (χ0v) is 29.6. The van der Waals surface area contributed by atoms with Gasteiger partial charge in [-0.3, -0.25) is 0 Å². The molecule has 3 N–H and O–H groups in total. The van der Waals surface area contributed by atoms with E-state index in [2.05, 4.69) is 0 Å². The van der Waals surface area contributed by atoms with Crippen LogP contribution in [0.5, 0.6) is 51.7 Å². The topological polar surface area (TPSA) is 195 Å². The van der Waals surface area contributed by atoms with Crippen molar-refractivity contribution in [2.75, 3.05) is 64.0 Å². The summed E-state index contributed by atoms with van der Waals surface area (Å²) in [6.07, 6.45) is 0. The van der Waals surface area contributed by atoms with Gasteiger partial charge in [-0.2, -0.15) is 0 Å². The Morgan fingerprint density at radius 2 is 0.500 bits per heavy atom. The molecular formula is C30H36O15Y. The van der Waals surface area contributed by atoms with Crippen molar-refractivity contribution >= 4 is 17.9 Å². The average molecular weight is 726 g/mol. The number of carbonyl (C=O) groups is 3. The molecule has 0 bridgehead atoms. The third kappa shape index (κ3) is 10.8. The van der Waals surface area contributed by atoms with Crippen LogP contribution in [-0.4, -0.2) is 97.2 Å². The fraction of sp³-hybridized carbons (Fsp3) is 0.300. The van der Waals surface area contributed by atoms with E-state index in [9.17, 15) is 14.4 Å². The van der Waals surface area contributed by atoms with Crippen molar-refractivity contribution in [1.82, 2.24) is 0 Å². The van der Waals surface area contributed by atoms with E-state index in [4.69, 9.17) is 58.0 Å². The van der Waals surface area contributed by atoms with Crippen molar-refractivity contribution in [2.45, 2.75) is 0 Å². The van der Waals surface area contributed by atoms with Crippen molar-refractivity contribution < 1.29 is 105 Å². The molecule has 0 aliphatic heterocycles. The van der Waals surface area contributed by atoms with Gasteiger partial charge >= 0.3 is 17.9 Å². The van der Waals surface area contributed by atoms with Crippen LogP contribution in [0.15, 0.2) is 36.4 Å². The van der Waals surface area contributed by atoms with Crippen LogP contribution < -0.4 is 42.6 Å². The summed E-state index contributed by atoms with van der Waals surface area (Å²) in [4.78, 5) is 32.6. The van der Waals surface area contributed by atoms with Gasteiger partial charge in [-0.25, -0.2) is 14.4 Å². The molecule has 0 fully saturated rings. The normalized spacial score (nSPS) is 9.33. The van der Waals surface area contributed by atoms with Crippen LogP contribution >= 0.6 is 0 Å². The maximum Gasteiger partial charge on any atom is 0.339 e. The number of carboxylic acid groups (broad SMARTS) is 3. The molecule has 46 heavy (non-hydrogen) atoms. The molecule has 3 rings (SSSR count). The second-order valence-electron chi connectivity index (χ2n) is 8.14. The summed E-state index contributed by atoms with van der Waals surface area (Å²) in [6.45, 7) is 0. The van der Waals surface area contributed by atoms with Gasteiger partial charge in [-0.1, -0.05) is 0 Å². The molecule has 16 heteroatoms. The van der Waals surface area contributed by atoms with E-state index in [0.717, 1.165) is 0 Å². The molecule has 0 atom stereocenters. The minimum atomic E-state index is -1.08. The quantitative estimate of drug-likeness (QED) is 0.240. The fourth-order valence-electron chi connectivity index (χ4n) is 3.59. The van der Waals surface area contributed by atoms with Crippen LogP contribution in [0.4, 0.5) is 0 Å². The second kappa shape index (κ2) is 20.4. The first-order valence-corrected chi connectivity index (χ1v) is 12.5. The Bertz CT molecular complexity index is 1300. The molecule has 0 saturated heterocycles. The van der Waals surface area contributed by atoms with Gasteiger partial charge in [0.1, 0.15) is 33.9 Å². The first kappa shape index (κ1) is 41.4. The first-order valence-electron chi connectivity index (χ1n) is 12.5. The Morgan fingerprint density at radius 3 is 0.630 bits per heavy atom. The number of ether oxygens (including phenoxy) is 9. The Kier molecular flexibility index (Phi) is 18.4. The van der Waals surface area contributed by atoms with E-state index >= 15 is 0 Å². The minimum absolute atomic E-state index is 0. The molecule has 1 radical (unpaired) electrons. The van der Waals surface area contributed by atoms with E-state index < -0.39 is 17.9 Å². The summed E-state index contributed by atoms with van der Waals surface area (Å²) in [5.74, 6) is -0.158. The SMILES string of the molecule is COc1cc(OC)c(C(=O)O)cc1OC.COc1cc(OC)c(C(=O)O)cc1OC.COc1cc(OC)c(C(=O)O)cc1OC.[Y]. The monoisotopic (exact) mass is 725 g/mol. The van der Waals surface area contributed by atoms with Gasteiger partial charge in [0.15, 0.2) is 34.5 Å². The predicted molar refractivity (Wildman–Crippen MR) is 159 cm³/mol. The molecule has 3 aromatic carbocycles. The van der Waals surface area contributed by atoms with Gasteiger partial charge in [-0.05, 0) is 0 Å². The van der Waals surface area contributed by atoms with Crippen LogP contribution in [0.25, 0.3) is 0 Å². The molecule has 3 aromatic rings. The van der Waals surface area contributed by atoms with E-state index in [0.29, 0.717) is 34.5 Å². The standard InChI is InChI=1S/3C10H12O5.Y/c3*1-13-7-5-9(15-3)8(14-2)4-6(7)10(11)12;/h3*4-5H,1-3H3,(H,11,12);. The fourth-order valence-corrected chi connectivity index (χ4v) is 3.59. The summed E-state index contributed by atoms with van der Waals surface area (Å²) >= 11 is 0. The molecule has 0 unspecified atom stereocenters. The number of hydrogen-bond donors (Lipinski definition) is 3. The smallest absolute Gasteiger partial charge is 0.339 e. The third-order valence-corrected chi connectivity index (χ3v) is 5.81. The molecule has 0 aliphatic carbocycles. The molecule has 0 spiro atoms. The van der Waals surface area contributed by atoms with Crippen molar-refractivity contribution in [3.63, 3.8) is 0 Å². The first-order chi connectivity index (χ1) is 21.4. The van der Waals surface area contributed by atoms with Crippen LogP contribution in [0, 0.1) is 0 Å². The zero-order valence-electron chi connectivity index (χ0n) is 26.8. The number of carboxylic acids is 3. The zero-order chi connectivity index (χ0) is 34.3. The third-order valence-electron chi connectivity index (χ3n) is 5.81. The number of hydrogen-bond acceptors (Lipinski definition) is 12. The summed E-state index contributed by atoms with van der Waals surface area (Å²) in [5.41, 5.74) is 0.112. The number of benzene rings is 3. The largest absolute Gasteiger partial charge is 0.496 e. The number of aromatic carboxylic acids is 3. The molecule has 0 aliphatic rings. The molecule has 249 valence electrons. The van der Waals surface area contributed by atoms with E-state index in [1.54, 1.807) is 0 Å². The minimum Gasteiger partial charge on any atom is -0.496 e. The molecular weight excluding hydrogens is 689 g/mol. The Balaban J connectivity index is 0.000000653. The molecule has 0 heterocycles. The maximum absolute atomic E-state index is 10.9. The van der Waals surface area contributed by atoms with Crippen LogP contribution in [0.1, 0.15) is 31.1 Å². The van der Waals surface area contributed by atoms with Gasteiger partial charge in [0.2, 0.25) is 0 Å². The predicted octanol–water partition coefficient (Wildman–Crippen LogP) is 4.23. The van der Waals surface area contributed by atoms with Crippen molar-refractivity contribution in [2.24, 2.45) is 0 Å². The van der Waals surface area contributed by atoms with Gasteiger partial charge in [0.25, 0.3) is 0 Å². The molecule has 0 saturated carbocycles. The van der Waals surface area contributed by atoms with Crippen molar-refractivity contribution in [3.05, 3.63) is 53.1 Å². The summed E-state index contributed by atoms with van der Waals surface area (Å²) in [5, 5.41) is 26.7. The summed E-state index contributed by atoms with van der Waals surface area (Å²) in [6, 6.07) is 8.51. The van der Waals surface area contributed by atoms with E-state index in [1.807, 2.05) is 0 Å². The summed E-state index contributed by atoms with van der Waals surface area (Å²) in [7, 11) is 12.9. The van der Waals surface area contributed by atoms with Gasteiger partial charge < -0.3 is 58.0 Å². The van der Waals surface area contributed by atoms with Gasteiger partial charge in [-0.15, -0.1) is 0 Å². The van der Waals surface area contributed by atoms with Crippen LogP contribution in [0.2, 0.25) is 0 Å². The second-order valence-corrected chi connectivity index (χ2v) is 8.14. The van der Waals surface area contributed by atoms with Crippen molar-refractivity contribution in [1.29, 1.82) is 0 Å². The average Bonchev–Trinajstić information content (AvgIpc) is 3.06. The number of methoxy groups -OCH3 is 9. The Hall–Kier alpha value is -4.63. The molecule has 0 aromatic heterocycles. The van der Waals surface area contributed by atoms with Gasteiger partial charge in [0.05, 0.1) is 64.0 Å².